The van der Waals surface area contributed by atoms with Gasteiger partial charge < -0.3 is 15.0 Å². The number of piperidine rings is 1. The molecule has 2 heterocycles. The summed E-state index contributed by atoms with van der Waals surface area (Å²) in [5.41, 5.74) is 0.336. The van der Waals surface area contributed by atoms with Crippen LogP contribution < -0.4 is 10.1 Å². The van der Waals surface area contributed by atoms with Crippen LogP contribution in [0.1, 0.15) is 33.6 Å². The Bertz CT molecular complexity index is 1110. The Kier molecular flexibility index (Phi) is 6.69. The predicted octanol–water partition coefficient (Wildman–Crippen LogP) is 3.85. The van der Waals surface area contributed by atoms with Crippen molar-refractivity contribution in [2.24, 2.45) is 0 Å². The highest BCUT2D eigenvalue weighted by atomic mass is 32.1. The lowest BCUT2D eigenvalue weighted by atomic mass is 9.99. The highest BCUT2D eigenvalue weighted by molar-refractivity contribution is 7.13. The lowest BCUT2D eigenvalue weighted by Gasteiger charge is -2.31. The smallest absolute Gasteiger partial charge is 0.286 e. The fourth-order valence-corrected chi connectivity index (χ4v) is 4.28. The van der Waals surface area contributed by atoms with E-state index in [0.29, 0.717) is 29.5 Å². The van der Waals surface area contributed by atoms with E-state index in [1.54, 1.807) is 11.0 Å². The first-order valence-electron chi connectivity index (χ1n) is 10.0. The SMILES string of the molecule is O=C(Nc1cccc(F)c1)c1nnc(C2CCCN(C(=O)COc3ccc(F)cc3)C2)s1. The van der Waals surface area contributed by atoms with Crippen LogP contribution in [0.15, 0.2) is 48.5 Å². The third kappa shape index (κ3) is 5.44. The van der Waals surface area contributed by atoms with Crippen molar-refractivity contribution in [2.75, 3.05) is 25.0 Å². The Morgan fingerprint density at radius 3 is 2.72 bits per heavy atom. The zero-order chi connectivity index (χ0) is 22.5. The molecule has 0 aliphatic carbocycles. The molecule has 2 aromatic carbocycles. The van der Waals surface area contributed by atoms with E-state index in [1.807, 2.05) is 0 Å². The number of hydrogen-bond acceptors (Lipinski definition) is 6. The van der Waals surface area contributed by atoms with Crippen molar-refractivity contribution in [1.29, 1.82) is 0 Å². The van der Waals surface area contributed by atoms with Gasteiger partial charge in [0, 0.05) is 24.7 Å². The van der Waals surface area contributed by atoms with Gasteiger partial charge in [-0.3, -0.25) is 9.59 Å². The van der Waals surface area contributed by atoms with Crippen LogP contribution in [0.5, 0.6) is 5.75 Å². The molecule has 0 bridgehead atoms. The van der Waals surface area contributed by atoms with Gasteiger partial charge in [0.1, 0.15) is 22.4 Å². The molecule has 1 fully saturated rings. The highest BCUT2D eigenvalue weighted by Crippen LogP contribution is 2.29. The summed E-state index contributed by atoms with van der Waals surface area (Å²) in [5.74, 6) is -1.07. The van der Waals surface area contributed by atoms with Crippen molar-refractivity contribution in [3.8, 4) is 5.75 Å². The lowest BCUT2D eigenvalue weighted by molar-refractivity contribution is -0.134. The van der Waals surface area contributed by atoms with Gasteiger partial charge in [0.15, 0.2) is 6.61 Å². The number of benzene rings is 2. The van der Waals surface area contributed by atoms with Crippen LogP contribution in [0.25, 0.3) is 0 Å². The molecular weight excluding hydrogens is 438 g/mol. The first-order chi connectivity index (χ1) is 15.5. The van der Waals surface area contributed by atoms with Gasteiger partial charge in [0.25, 0.3) is 11.8 Å². The molecule has 1 atom stereocenters. The summed E-state index contributed by atoms with van der Waals surface area (Å²) < 4.78 is 31.7. The highest BCUT2D eigenvalue weighted by Gasteiger charge is 2.28. The first-order valence-corrected chi connectivity index (χ1v) is 10.9. The molecule has 0 saturated carbocycles. The normalized spacial score (nSPS) is 15.9. The molecule has 1 aromatic heterocycles. The first kappa shape index (κ1) is 21.8. The largest absolute Gasteiger partial charge is 0.484 e. The molecule has 0 radical (unpaired) electrons. The van der Waals surface area contributed by atoms with Crippen LogP contribution >= 0.6 is 11.3 Å². The van der Waals surface area contributed by atoms with E-state index >= 15 is 0 Å². The average Bonchev–Trinajstić information content (AvgIpc) is 3.29. The Balaban J connectivity index is 1.34. The minimum atomic E-state index is -0.462. The van der Waals surface area contributed by atoms with Crippen molar-refractivity contribution in [3.63, 3.8) is 0 Å². The Labute approximate surface area is 187 Å². The lowest BCUT2D eigenvalue weighted by Crippen LogP contribution is -2.41. The Morgan fingerprint density at radius 1 is 1.12 bits per heavy atom. The van der Waals surface area contributed by atoms with Crippen LogP contribution in [0.2, 0.25) is 0 Å². The number of amides is 2. The minimum Gasteiger partial charge on any atom is -0.484 e. The second-order valence-electron chi connectivity index (χ2n) is 7.33. The van der Waals surface area contributed by atoms with Gasteiger partial charge in [-0.15, -0.1) is 10.2 Å². The van der Waals surface area contributed by atoms with Crippen LogP contribution in [-0.2, 0) is 4.79 Å². The number of nitrogens with zero attached hydrogens (tertiary/aromatic N) is 3. The van der Waals surface area contributed by atoms with Crippen LogP contribution in [0.4, 0.5) is 14.5 Å². The van der Waals surface area contributed by atoms with Gasteiger partial charge in [-0.2, -0.15) is 0 Å². The molecular formula is C22H20F2N4O3S. The molecule has 32 heavy (non-hydrogen) atoms. The second kappa shape index (κ2) is 9.82. The van der Waals surface area contributed by atoms with Crippen molar-refractivity contribution < 1.29 is 23.1 Å². The van der Waals surface area contributed by atoms with Gasteiger partial charge >= 0.3 is 0 Å². The van der Waals surface area contributed by atoms with Gasteiger partial charge in [0.2, 0.25) is 5.01 Å². The topological polar surface area (TPSA) is 84.4 Å². The molecule has 166 valence electrons. The summed E-state index contributed by atoms with van der Waals surface area (Å²) in [7, 11) is 0. The molecule has 4 rings (SSSR count). The number of likely N-dealkylation sites (tertiary alicyclic amines) is 1. The molecule has 3 aromatic rings. The third-order valence-corrected chi connectivity index (χ3v) is 6.10. The number of aromatic nitrogens is 2. The molecule has 7 nitrogen and oxygen atoms in total. The number of nitrogens with one attached hydrogen (secondary N) is 1. The molecule has 1 unspecified atom stereocenters. The van der Waals surface area contributed by atoms with E-state index in [4.69, 9.17) is 4.74 Å². The van der Waals surface area contributed by atoms with E-state index in [-0.39, 0.29) is 29.3 Å². The van der Waals surface area contributed by atoms with E-state index in [0.717, 1.165) is 24.2 Å². The van der Waals surface area contributed by atoms with Crippen molar-refractivity contribution >= 4 is 28.8 Å². The number of hydrogen-bond donors (Lipinski definition) is 1. The maximum Gasteiger partial charge on any atom is 0.286 e. The monoisotopic (exact) mass is 458 g/mol. The molecule has 1 aliphatic rings. The van der Waals surface area contributed by atoms with Crippen LogP contribution in [0.3, 0.4) is 0 Å². The predicted molar refractivity (Wildman–Crippen MR) is 115 cm³/mol. The number of ether oxygens (including phenoxy) is 1. The van der Waals surface area contributed by atoms with Crippen LogP contribution in [-0.4, -0.2) is 46.6 Å². The Morgan fingerprint density at radius 2 is 1.94 bits per heavy atom. The van der Waals surface area contributed by atoms with Crippen molar-refractivity contribution in [2.45, 2.75) is 18.8 Å². The number of carbonyl (C=O) groups is 2. The maximum atomic E-state index is 13.3. The van der Waals surface area contributed by atoms with Gasteiger partial charge in [-0.05, 0) is 55.3 Å². The molecule has 10 heteroatoms. The number of carbonyl (C=O) groups excluding carboxylic acids is 2. The quantitative estimate of drug-likeness (QED) is 0.607. The summed E-state index contributed by atoms with van der Waals surface area (Å²) in [6.45, 7) is 0.912. The molecule has 1 N–H and O–H groups in total. The zero-order valence-corrected chi connectivity index (χ0v) is 17.8. The summed E-state index contributed by atoms with van der Waals surface area (Å²) in [4.78, 5) is 26.7. The maximum absolute atomic E-state index is 13.3. The summed E-state index contributed by atoms with van der Waals surface area (Å²) in [6.07, 6.45) is 1.61. The van der Waals surface area contributed by atoms with E-state index in [2.05, 4.69) is 15.5 Å². The van der Waals surface area contributed by atoms with Gasteiger partial charge in [-0.25, -0.2) is 8.78 Å². The summed E-state index contributed by atoms with van der Waals surface area (Å²) in [5, 5.41) is 11.6. The fourth-order valence-electron chi connectivity index (χ4n) is 3.41. The molecule has 1 aliphatic heterocycles. The fraction of sp³-hybridized carbons (Fsp3) is 0.273. The minimum absolute atomic E-state index is 0.0354. The molecule has 2 amide bonds. The second-order valence-corrected chi connectivity index (χ2v) is 8.34. The van der Waals surface area contributed by atoms with E-state index < -0.39 is 11.7 Å². The number of anilines is 1. The number of halogens is 2. The average molecular weight is 458 g/mol. The van der Waals surface area contributed by atoms with Gasteiger partial charge in [0.05, 0.1) is 0 Å². The molecule has 1 saturated heterocycles. The standard InChI is InChI=1S/C22H20F2N4O3S/c23-15-6-8-18(9-7-15)31-13-19(29)28-10-2-3-14(12-28)21-26-27-22(32-21)20(30)25-17-5-1-4-16(24)11-17/h1,4-9,11,14H,2-3,10,12-13H2,(H,25,30). The van der Waals surface area contributed by atoms with Gasteiger partial charge in [-0.1, -0.05) is 17.4 Å². The van der Waals surface area contributed by atoms with E-state index in [1.165, 1.54) is 42.5 Å². The summed E-state index contributed by atoms with van der Waals surface area (Å²) in [6, 6.07) is 11.1. The Hall–Kier alpha value is -3.40. The van der Waals surface area contributed by atoms with Crippen LogP contribution in [0, 0.1) is 11.6 Å². The van der Waals surface area contributed by atoms with E-state index in [9.17, 15) is 18.4 Å². The molecule has 0 spiro atoms. The zero-order valence-electron chi connectivity index (χ0n) is 17.0. The number of rotatable bonds is 6. The van der Waals surface area contributed by atoms with Crippen molar-refractivity contribution in [1.82, 2.24) is 15.1 Å². The third-order valence-electron chi connectivity index (χ3n) is 5.02. The summed E-state index contributed by atoms with van der Waals surface area (Å²) >= 11 is 1.16. The van der Waals surface area contributed by atoms with Crippen molar-refractivity contribution in [3.05, 3.63) is 70.2 Å².